The number of carbonyl (C=O) groups excluding carboxylic acids is 1. The summed E-state index contributed by atoms with van der Waals surface area (Å²) < 4.78 is 5.21. The smallest absolute Gasteiger partial charge is 0.334 e. The third-order valence-electron chi connectivity index (χ3n) is 2.22. The lowest BCUT2D eigenvalue weighted by Crippen LogP contribution is -3.00. The first kappa shape index (κ1) is 16.9. The maximum Gasteiger partial charge on any atom is 0.334 e. The first-order valence-electron chi connectivity index (χ1n) is 5.16. The van der Waals surface area contributed by atoms with Gasteiger partial charge in [0, 0.05) is 19.9 Å². The minimum Gasteiger partial charge on any atom is -1.00 e. The van der Waals surface area contributed by atoms with Crippen molar-refractivity contribution in [2.24, 2.45) is 0 Å². The number of hydrogen-bond acceptors (Lipinski definition) is 2. The van der Waals surface area contributed by atoms with Crippen LogP contribution in [0.2, 0.25) is 0 Å². The normalized spacial score (nSPS) is 10.7. The third-order valence-corrected chi connectivity index (χ3v) is 2.22. The molecule has 0 unspecified atom stereocenters. The Bertz CT molecular complexity index is 201. The van der Waals surface area contributed by atoms with Gasteiger partial charge in [0.2, 0.25) is 5.72 Å². The molecule has 0 heterocycles. The molecule has 0 radical (unpaired) electrons. The molecule has 0 bridgehead atoms. The lowest BCUT2D eigenvalue weighted by Gasteiger charge is -2.26. The van der Waals surface area contributed by atoms with E-state index in [0.29, 0.717) is 6.04 Å². The van der Waals surface area contributed by atoms with E-state index in [1.165, 1.54) is 6.08 Å². The van der Waals surface area contributed by atoms with Crippen molar-refractivity contribution in [2.45, 2.75) is 52.3 Å². The topological polar surface area (TPSA) is 42.9 Å². The molecule has 4 heteroatoms. The third kappa shape index (κ3) is 7.40. The molecule has 0 aromatic heterocycles. The van der Waals surface area contributed by atoms with Crippen molar-refractivity contribution in [2.75, 3.05) is 0 Å². The van der Waals surface area contributed by atoms with Gasteiger partial charge >= 0.3 is 5.97 Å². The Balaban J connectivity index is 0. The van der Waals surface area contributed by atoms with Gasteiger partial charge in [-0.1, -0.05) is 20.4 Å². The SMILES string of the molecule is C=CC(=O)OC(C)(C)[NH2+]C(CC)CC.[Cl-]. The number of hydrogen-bond donors (Lipinski definition) is 1. The molecule has 0 atom stereocenters. The number of quaternary nitrogens is 1. The zero-order valence-electron chi connectivity index (χ0n) is 10.0. The standard InChI is InChI=1S/C11H21NO2.ClH/c1-6-9(7-2)12-11(4,5)14-10(13)8-3;/h8-9,12H,3,6-7H2,1-2,4-5H3;1H. The summed E-state index contributed by atoms with van der Waals surface area (Å²) in [5.41, 5.74) is -0.498. The molecule has 15 heavy (non-hydrogen) atoms. The minimum absolute atomic E-state index is 0. The van der Waals surface area contributed by atoms with Crippen molar-refractivity contribution < 1.29 is 27.3 Å². The Hall–Kier alpha value is -0.540. The van der Waals surface area contributed by atoms with Crippen molar-refractivity contribution in [3.63, 3.8) is 0 Å². The van der Waals surface area contributed by atoms with E-state index in [0.717, 1.165) is 12.8 Å². The Kier molecular flexibility index (Phi) is 8.68. The summed E-state index contributed by atoms with van der Waals surface area (Å²) >= 11 is 0. The van der Waals surface area contributed by atoms with Crippen molar-refractivity contribution >= 4 is 5.97 Å². The molecule has 0 rings (SSSR count). The van der Waals surface area contributed by atoms with Crippen LogP contribution in [-0.2, 0) is 9.53 Å². The molecule has 0 amide bonds. The van der Waals surface area contributed by atoms with E-state index in [1.54, 1.807) is 0 Å². The van der Waals surface area contributed by atoms with Gasteiger partial charge in [-0.15, -0.1) is 0 Å². The minimum atomic E-state index is -0.498. The van der Waals surface area contributed by atoms with Gasteiger partial charge in [0.25, 0.3) is 0 Å². The Labute approximate surface area is 98.7 Å². The van der Waals surface area contributed by atoms with Crippen LogP contribution in [0.5, 0.6) is 0 Å². The summed E-state index contributed by atoms with van der Waals surface area (Å²) in [5, 5.41) is 2.09. The molecule has 3 nitrogen and oxygen atoms in total. The Morgan fingerprint density at radius 1 is 1.47 bits per heavy atom. The van der Waals surface area contributed by atoms with Gasteiger partial charge in [-0.25, -0.2) is 4.79 Å². The van der Waals surface area contributed by atoms with Gasteiger partial charge < -0.3 is 22.5 Å². The fourth-order valence-corrected chi connectivity index (χ4v) is 1.43. The van der Waals surface area contributed by atoms with Gasteiger partial charge in [-0.2, -0.15) is 0 Å². The molecule has 0 aromatic rings. The van der Waals surface area contributed by atoms with E-state index in [1.807, 2.05) is 13.8 Å². The number of esters is 1. The Morgan fingerprint density at radius 2 is 1.93 bits per heavy atom. The van der Waals surface area contributed by atoms with E-state index in [-0.39, 0.29) is 18.4 Å². The summed E-state index contributed by atoms with van der Waals surface area (Å²) in [6, 6.07) is 0.502. The molecule has 0 aliphatic rings. The van der Waals surface area contributed by atoms with E-state index in [9.17, 15) is 4.79 Å². The van der Waals surface area contributed by atoms with Crippen molar-refractivity contribution in [1.82, 2.24) is 0 Å². The molecular formula is C11H22ClNO2. The molecule has 0 aliphatic carbocycles. The van der Waals surface area contributed by atoms with Crippen molar-refractivity contribution in [3.05, 3.63) is 12.7 Å². The van der Waals surface area contributed by atoms with Crippen LogP contribution in [0, 0.1) is 0 Å². The van der Waals surface area contributed by atoms with Gasteiger partial charge in [-0.05, 0) is 12.8 Å². The molecule has 0 aromatic carbocycles. The summed E-state index contributed by atoms with van der Waals surface area (Å²) in [6.07, 6.45) is 3.35. The quantitative estimate of drug-likeness (QED) is 0.336. The molecule has 0 fully saturated rings. The van der Waals surface area contributed by atoms with Crippen LogP contribution in [0.4, 0.5) is 0 Å². The van der Waals surface area contributed by atoms with Crippen LogP contribution in [0.25, 0.3) is 0 Å². The first-order chi connectivity index (χ1) is 6.45. The second-order valence-corrected chi connectivity index (χ2v) is 3.97. The molecule has 0 spiro atoms. The molecule has 0 aliphatic heterocycles. The van der Waals surface area contributed by atoms with Crippen LogP contribution in [0.1, 0.15) is 40.5 Å². The number of nitrogens with two attached hydrogens (primary N) is 1. The van der Waals surface area contributed by atoms with E-state index in [4.69, 9.17) is 4.74 Å². The lowest BCUT2D eigenvalue weighted by atomic mass is 10.1. The zero-order chi connectivity index (χ0) is 11.2. The second-order valence-electron chi connectivity index (χ2n) is 3.97. The summed E-state index contributed by atoms with van der Waals surface area (Å²) in [7, 11) is 0. The average Bonchev–Trinajstić information content (AvgIpc) is 2.13. The van der Waals surface area contributed by atoms with E-state index >= 15 is 0 Å². The lowest BCUT2D eigenvalue weighted by molar-refractivity contribution is -0.784. The maximum absolute atomic E-state index is 11.0. The Morgan fingerprint density at radius 3 is 2.27 bits per heavy atom. The fraction of sp³-hybridized carbons (Fsp3) is 0.727. The van der Waals surface area contributed by atoms with Gasteiger partial charge in [0.1, 0.15) is 0 Å². The molecule has 0 saturated heterocycles. The predicted octanol–water partition coefficient (Wildman–Crippen LogP) is -1.79. The van der Waals surface area contributed by atoms with Crippen LogP contribution in [0.15, 0.2) is 12.7 Å². The van der Waals surface area contributed by atoms with E-state index < -0.39 is 5.72 Å². The van der Waals surface area contributed by atoms with E-state index in [2.05, 4.69) is 25.7 Å². The number of carbonyl (C=O) groups is 1. The molecule has 2 N–H and O–H groups in total. The van der Waals surface area contributed by atoms with Crippen LogP contribution >= 0.6 is 0 Å². The van der Waals surface area contributed by atoms with Gasteiger partial charge in [-0.3, -0.25) is 0 Å². The number of halogens is 1. The summed E-state index contributed by atoms with van der Waals surface area (Å²) in [6.45, 7) is 11.4. The summed E-state index contributed by atoms with van der Waals surface area (Å²) in [4.78, 5) is 11.0. The first-order valence-corrected chi connectivity index (χ1v) is 5.16. The summed E-state index contributed by atoms with van der Waals surface area (Å²) in [5.74, 6) is -0.364. The van der Waals surface area contributed by atoms with Gasteiger partial charge in [0.05, 0.1) is 6.04 Å². The zero-order valence-corrected chi connectivity index (χ0v) is 10.8. The van der Waals surface area contributed by atoms with Crippen molar-refractivity contribution in [1.29, 1.82) is 0 Å². The van der Waals surface area contributed by atoms with Crippen molar-refractivity contribution in [3.8, 4) is 0 Å². The molecule has 0 saturated carbocycles. The average molecular weight is 236 g/mol. The fourth-order valence-electron chi connectivity index (χ4n) is 1.43. The highest BCUT2D eigenvalue weighted by Gasteiger charge is 2.27. The number of ether oxygens (including phenoxy) is 1. The maximum atomic E-state index is 11.0. The predicted molar refractivity (Wildman–Crippen MR) is 56.7 cm³/mol. The van der Waals surface area contributed by atoms with Crippen LogP contribution in [-0.4, -0.2) is 17.7 Å². The molecule has 90 valence electrons. The van der Waals surface area contributed by atoms with Crippen LogP contribution < -0.4 is 17.7 Å². The van der Waals surface area contributed by atoms with Crippen LogP contribution in [0.3, 0.4) is 0 Å². The monoisotopic (exact) mass is 235 g/mol. The highest BCUT2D eigenvalue weighted by Crippen LogP contribution is 2.01. The highest BCUT2D eigenvalue weighted by atomic mass is 35.5. The molecular weight excluding hydrogens is 214 g/mol. The largest absolute Gasteiger partial charge is 1.00 e. The second kappa shape index (κ2) is 7.71. The number of rotatable bonds is 6. The van der Waals surface area contributed by atoms with Gasteiger partial charge in [0.15, 0.2) is 0 Å². The highest BCUT2D eigenvalue weighted by molar-refractivity contribution is 5.81.